The number of benzene rings is 1. The average Bonchev–Trinajstić information content (AvgIpc) is 3.51. The van der Waals surface area contributed by atoms with E-state index < -0.39 is 0 Å². The van der Waals surface area contributed by atoms with Crippen molar-refractivity contribution < 1.29 is 18.7 Å². The van der Waals surface area contributed by atoms with Gasteiger partial charge in [0.25, 0.3) is 5.91 Å². The highest BCUT2D eigenvalue weighted by molar-refractivity contribution is 5.91. The standard InChI is InChI=1S/C26H33N5O4/c1-18-27-19(2)31(28-18)17-25(32)30-12-10-21(11-13-30)23(16-20-7-5-8-22(15-20)34-4)29(3)26(33)24-9-6-14-35-24/h5-9,14-15,21,23H,10-13,16-17H2,1-4H3. The predicted octanol–water partition coefficient (Wildman–Crippen LogP) is 3.12. The van der Waals surface area contributed by atoms with Gasteiger partial charge in [0, 0.05) is 26.2 Å². The van der Waals surface area contributed by atoms with Crippen LogP contribution < -0.4 is 4.74 Å². The summed E-state index contributed by atoms with van der Waals surface area (Å²) < 4.78 is 12.4. The highest BCUT2D eigenvalue weighted by Crippen LogP contribution is 2.28. The molecular formula is C26H33N5O4. The second-order valence-corrected chi connectivity index (χ2v) is 9.10. The molecule has 1 unspecified atom stereocenters. The van der Waals surface area contributed by atoms with Gasteiger partial charge in [-0.2, -0.15) is 5.10 Å². The van der Waals surface area contributed by atoms with Crippen molar-refractivity contribution in [2.24, 2.45) is 5.92 Å². The Labute approximate surface area is 205 Å². The normalized spacial score (nSPS) is 15.1. The van der Waals surface area contributed by atoms with Crippen molar-refractivity contribution >= 4 is 11.8 Å². The van der Waals surface area contributed by atoms with Gasteiger partial charge >= 0.3 is 0 Å². The second-order valence-electron chi connectivity index (χ2n) is 9.10. The third kappa shape index (κ3) is 5.72. The van der Waals surface area contributed by atoms with Gasteiger partial charge in [-0.15, -0.1) is 0 Å². The molecule has 9 heteroatoms. The number of furan rings is 1. The van der Waals surface area contributed by atoms with Gasteiger partial charge in [-0.05, 0) is 68.9 Å². The molecule has 3 aromatic rings. The van der Waals surface area contributed by atoms with E-state index in [1.54, 1.807) is 28.8 Å². The van der Waals surface area contributed by atoms with Crippen molar-refractivity contribution in [2.75, 3.05) is 27.2 Å². The fourth-order valence-corrected chi connectivity index (χ4v) is 4.86. The number of aryl methyl sites for hydroxylation is 2. The number of nitrogens with zero attached hydrogens (tertiary/aromatic N) is 5. The number of carbonyl (C=O) groups is 2. The SMILES string of the molecule is COc1cccc(CC(C2CCN(C(=O)Cn3nc(C)nc3C)CC2)N(C)C(=O)c2ccco2)c1. The maximum absolute atomic E-state index is 13.1. The minimum Gasteiger partial charge on any atom is -0.497 e. The van der Waals surface area contributed by atoms with Gasteiger partial charge < -0.3 is 19.0 Å². The van der Waals surface area contributed by atoms with E-state index >= 15 is 0 Å². The lowest BCUT2D eigenvalue weighted by atomic mass is 9.84. The Morgan fingerprint density at radius 1 is 1.20 bits per heavy atom. The number of rotatable bonds is 8. The first-order valence-corrected chi connectivity index (χ1v) is 11.9. The third-order valence-corrected chi connectivity index (χ3v) is 6.81. The molecule has 35 heavy (non-hydrogen) atoms. The molecule has 2 amide bonds. The topological polar surface area (TPSA) is 93.7 Å². The van der Waals surface area contributed by atoms with Crippen molar-refractivity contribution in [3.8, 4) is 5.75 Å². The number of amides is 2. The summed E-state index contributed by atoms with van der Waals surface area (Å²) in [5, 5.41) is 4.31. The van der Waals surface area contributed by atoms with E-state index in [0.29, 0.717) is 31.1 Å². The first kappa shape index (κ1) is 24.5. The van der Waals surface area contributed by atoms with Crippen LogP contribution in [-0.2, 0) is 17.8 Å². The summed E-state index contributed by atoms with van der Waals surface area (Å²) >= 11 is 0. The first-order valence-electron chi connectivity index (χ1n) is 11.9. The lowest BCUT2D eigenvalue weighted by molar-refractivity contribution is -0.133. The average molecular weight is 480 g/mol. The number of hydrogen-bond acceptors (Lipinski definition) is 6. The quantitative estimate of drug-likeness (QED) is 0.493. The first-order chi connectivity index (χ1) is 16.9. The van der Waals surface area contributed by atoms with Crippen molar-refractivity contribution in [2.45, 2.75) is 45.7 Å². The van der Waals surface area contributed by atoms with Crippen LogP contribution in [0, 0.1) is 19.8 Å². The number of piperidine rings is 1. The Morgan fingerprint density at radius 2 is 1.97 bits per heavy atom. The molecule has 0 N–H and O–H groups in total. The highest BCUT2D eigenvalue weighted by Gasteiger charge is 2.34. The van der Waals surface area contributed by atoms with E-state index in [9.17, 15) is 9.59 Å². The van der Waals surface area contributed by atoms with Crippen molar-refractivity contribution in [1.82, 2.24) is 24.6 Å². The van der Waals surface area contributed by atoms with Crippen LogP contribution in [0.3, 0.4) is 0 Å². The minimum absolute atomic E-state index is 0.0424. The minimum atomic E-state index is -0.140. The van der Waals surface area contributed by atoms with E-state index in [-0.39, 0.29) is 30.3 Å². The molecule has 1 saturated heterocycles. The third-order valence-electron chi connectivity index (χ3n) is 6.81. The monoisotopic (exact) mass is 479 g/mol. The molecule has 1 aliphatic heterocycles. The van der Waals surface area contributed by atoms with Gasteiger partial charge in [0.15, 0.2) is 5.76 Å². The lowest BCUT2D eigenvalue weighted by Gasteiger charge is -2.40. The number of likely N-dealkylation sites (tertiary alicyclic amines) is 1. The summed E-state index contributed by atoms with van der Waals surface area (Å²) in [7, 11) is 3.49. The summed E-state index contributed by atoms with van der Waals surface area (Å²) in [5.74, 6) is 2.67. The highest BCUT2D eigenvalue weighted by atomic mass is 16.5. The Hall–Kier alpha value is -3.62. The Balaban J connectivity index is 1.46. The molecule has 0 aliphatic carbocycles. The van der Waals surface area contributed by atoms with Crippen molar-refractivity contribution in [1.29, 1.82) is 0 Å². The van der Waals surface area contributed by atoms with Gasteiger partial charge in [-0.25, -0.2) is 9.67 Å². The molecule has 0 spiro atoms. The van der Waals surface area contributed by atoms with Crippen LogP contribution in [0.5, 0.6) is 5.75 Å². The number of hydrogen-bond donors (Lipinski definition) is 0. The van der Waals surface area contributed by atoms with Crippen LogP contribution in [0.1, 0.15) is 40.6 Å². The zero-order valence-electron chi connectivity index (χ0n) is 20.8. The van der Waals surface area contributed by atoms with E-state index in [2.05, 4.69) is 16.1 Å². The fourth-order valence-electron chi connectivity index (χ4n) is 4.86. The van der Waals surface area contributed by atoms with Gasteiger partial charge in [0.05, 0.1) is 13.4 Å². The summed E-state index contributed by atoms with van der Waals surface area (Å²) in [6, 6.07) is 11.3. The molecular weight excluding hydrogens is 446 g/mol. The lowest BCUT2D eigenvalue weighted by Crippen LogP contribution is -2.49. The number of ether oxygens (including phenoxy) is 1. The molecule has 3 heterocycles. The fraction of sp³-hybridized carbons (Fsp3) is 0.462. The van der Waals surface area contributed by atoms with Crippen LogP contribution in [0.2, 0.25) is 0 Å². The Kier molecular flexibility index (Phi) is 7.53. The molecule has 1 atom stereocenters. The van der Waals surface area contributed by atoms with Gasteiger partial charge in [0.1, 0.15) is 23.9 Å². The number of aromatic nitrogens is 3. The molecule has 9 nitrogen and oxygen atoms in total. The summed E-state index contributed by atoms with van der Waals surface area (Å²) in [5.41, 5.74) is 1.10. The molecule has 186 valence electrons. The van der Waals surface area contributed by atoms with Crippen LogP contribution in [-0.4, -0.2) is 69.7 Å². The number of methoxy groups -OCH3 is 1. The number of likely N-dealkylation sites (N-methyl/N-ethyl adjacent to an activating group) is 1. The van der Waals surface area contributed by atoms with Crippen molar-refractivity contribution in [3.05, 3.63) is 65.6 Å². The van der Waals surface area contributed by atoms with Gasteiger partial charge in [0.2, 0.25) is 5.91 Å². The molecule has 1 fully saturated rings. The van der Waals surface area contributed by atoms with Crippen LogP contribution in [0.25, 0.3) is 0 Å². The zero-order chi connectivity index (χ0) is 24.9. The van der Waals surface area contributed by atoms with E-state index in [0.717, 1.165) is 30.0 Å². The zero-order valence-corrected chi connectivity index (χ0v) is 20.8. The van der Waals surface area contributed by atoms with E-state index in [4.69, 9.17) is 9.15 Å². The number of carbonyl (C=O) groups excluding carboxylic acids is 2. The van der Waals surface area contributed by atoms with Crippen LogP contribution >= 0.6 is 0 Å². The largest absolute Gasteiger partial charge is 0.497 e. The smallest absolute Gasteiger partial charge is 0.289 e. The molecule has 0 radical (unpaired) electrons. The predicted molar refractivity (Wildman–Crippen MR) is 130 cm³/mol. The molecule has 0 bridgehead atoms. The van der Waals surface area contributed by atoms with E-state index in [1.807, 2.05) is 44.0 Å². The Morgan fingerprint density at radius 3 is 2.60 bits per heavy atom. The molecule has 2 aromatic heterocycles. The summed E-state index contributed by atoms with van der Waals surface area (Å²) in [6.07, 6.45) is 3.83. The maximum Gasteiger partial charge on any atom is 0.289 e. The molecule has 1 aromatic carbocycles. The van der Waals surface area contributed by atoms with Crippen LogP contribution in [0.15, 0.2) is 47.1 Å². The Bertz CT molecular complexity index is 1150. The summed E-state index contributed by atoms with van der Waals surface area (Å²) in [4.78, 5) is 34.0. The second kappa shape index (κ2) is 10.8. The molecule has 4 rings (SSSR count). The maximum atomic E-state index is 13.1. The summed E-state index contributed by atoms with van der Waals surface area (Å²) in [6.45, 7) is 5.17. The van der Waals surface area contributed by atoms with Gasteiger partial charge in [-0.1, -0.05) is 12.1 Å². The van der Waals surface area contributed by atoms with Crippen LogP contribution in [0.4, 0.5) is 0 Å². The molecule has 1 aliphatic rings. The van der Waals surface area contributed by atoms with Gasteiger partial charge in [-0.3, -0.25) is 9.59 Å². The van der Waals surface area contributed by atoms with E-state index in [1.165, 1.54) is 6.26 Å². The molecule has 0 saturated carbocycles. The van der Waals surface area contributed by atoms with Crippen molar-refractivity contribution in [3.63, 3.8) is 0 Å².